The number of rotatable bonds is 8. The van der Waals surface area contributed by atoms with E-state index in [1.807, 2.05) is 0 Å². The molecular formula is C14H26N2OS. The Morgan fingerprint density at radius 2 is 2.00 bits per heavy atom. The fourth-order valence-corrected chi connectivity index (χ4v) is 3.02. The Labute approximate surface area is 115 Å². The first-order chi connectivity index (χ1) is 8.62. The van der Waals surface area contributed by atoms with Crippen molar-refractivity contribution in [2.24, 2.45) is 0 Å². The molecule has 0 saturated carbocycles. The second-order valence-corrected chi connectivity index (χ2v) is 5.89. The molecule has 0 aliphatic rings. The van der Waals surface area contributed by atoms with Gasteiger partial charge in [-0.3, -0.25) is 4.90 Å². The summed E-state index contributed by atoms with van der Waals surface area (Å²) in [4.78, 5) is 7.02. The van der Waals surface area contributed by atoms with E-state index in [0.717, 1.165) is 31.6 Å². The lowest BCUT2D eigenvalue weighted by molar-refractivity contribution is 0.135. The molecule has 104 valence electrons. The summed E-state index contributed by atoms with van der Waals surface area (Å²) in [6.07, 6.45) is 2.25. The van der Waals surface area contributed by atoms with Crippen molar-refractivity contribution in [1.29, 1.82) is 0 Å². The topological polar surface area (TPSA) is 36.4 Å². The normalized spacial score (nSPS) is 12.0. The highest BCUT2D eigenvalue weighted by Gasteiger charge is 2.16. The summed E-state index contributed by atoms with van der Waals surface area (Å²) in [5.41, 5.74) is 1.14. The minimum atomic E-state index is 0.220. The second kappa shape index (κ2) is 7.87. The van der Waals surface area contributed by atoms with E-state index >= 15 is 0 Å². The van der Waals surface area contributed by atoms with E-state index in [1.165, 1.54) is 5.01 Å². The average molecular weight is 270 g/mol. The molecule has 1 heterocycles. The lowest BCUT2D eigenvalue weighted by Crippen LogP contribution is -2.36. The highest BCUT2D eigenvalue weighted by atomic mass is 32.1. The predicted octanol–water partition coefficient (Wildman–Crippen LogP) is 3.25. The SMILES string of the molecule is CCC(CC)N(CCO)Cc1csc(C(C)C)n1. The monoisotopic (exact) mass is 270 g/mol. The van der Waals surface area contributed by atoms with Crippen LogP contribution in [0.1, 0.15) is 57.2 Å². The molecule has 0 aliphatic heterocycles. The van der Waals surface area contributed by atoms with Gasteiger partial charge < -0.3 is 5.11 Å². The zero-order valence-electron chi connectivity index (χ0n) is 12.0. The number of hydrogen-bond donors (Lipinski definition) is 1. The highest BCUT2D eigenvalue weighted by Crippen LogP contribution is 2.21. The maximum absolute atomic E-state index is 9.19. The Morgan fingerprint density at radius 3 is 2.44 bits per heavy atom. The number of aliphatic hydroxyl groups excluding tert-OH is 1. The van der Waals surface area contributed by atoms with E-state index < -0.39 is 0 Å². The van der Waals surface area contributed by atoms with Crippen LogP contribution in [0.15, 0.2) is 5.38 Å². The van der Waals surface area contributed by atoms with Crippen molar-refractivity contribution in [3.05, 3.63) is 16.1 Å². The molecule has 1 aromatic heterocycles. The number of thiazole rings is 1. The summed E-state index contributed by atoms with van der Waals surface area (Å²) in [6, 6.07) is 0.543. The predicted molar refractivity (Wildman–Crippen MR) is 78.1 cm³/mol. The molecule has 3 nitrogen and oxygen atoms in total. The van der Waals surface area contributed by atoms with Gasteiger partial charge in [-0.1, -0.05) is 27.7 Å². The Balaban J connectivity index is 2.69. The molecule has 0 unspecified atom stereocenters. The van der Waals surface area contributed by atoms with Crippen molar-refractivity contribution in [2.45, 2.75) is 59.0 Å². The van der Waals surface area contributed by atoms with E-state index in [0.29, 0.717) is 12.0 Å². The van der Waals surface area contributed by atoms with Crippen LogP contribution >= 0.6 is 11.3 Å². The van der Waals surface area contributed by atoms with Crippen LogP contribution < -0.4 is 0 Å². The summed E-state index contributed by atoms with van der Waals surface area (Å²) in [5.74, 6) is 0.503. The lowest BCUT2D eigenvalue weighted by Gasteiger charge is -2.29. The fraction of sp³-hybridized carbons (Fsp3) is 0.786. The molecule has 0 atom stereocenters. The quantitative estimate of drug-likeness (QED) is 0.788. The first-order valence-corrected chi connectivity index (χ1v) is 7.79. The van der Waals surface area contributed by atoms with Gasteiger partial charge in [-0.25, -0.2) is 4.98 Å². The summed E-state index contributed by atoms with van der Waals surface area (Å²) < 4.78 is 0. The van der Waals surface area contributed by atoms with Gasteiger partial charge in [0.25, 0.3) is 0 Å². The number of nitrogens with zero attached hydrogens (tertiary/aromatic N) is 2. The van der Waals surface area contributed by atoms with Crippen molar-refractivity contribution >= 4 is 11.3 Å². The smallest absolute Gasteiger partial charge is 0.0954 e. The van der Waals surface area contributed by atoms with Crippen LogP contribution in [0.25, 0.3) is 0 Å². The lowest BCUT2D eigenvalue weighted by atomic mass is 10.1. The van der Waals surface area contributed by atoms with Crippen LogP contribution in [-0.4, -0.2) is 34.2 Å². The molecule has 18 heavy (non-hydrogen) atoms. The van der Waals surface area contributed by atoms with Gasteiger partial charge in [0.2, 0.25) is 0 Å². The molecule has 0 spiro atoms. The van der Waals surface area contributed by atoms with E-state index in [2.05, 4.69) is 43.0 Å². The van der Waals surface area contributed by atoms with E-state index in [9.17, 15) is 5.11 Å². The van der Waals surface area contributed by atoms with Crippen LogP contribution in [0.4, 0.5) is 0 Å². The third-order valence-electron chi connectivity index (χ3n) is 3.27. The van der Waals surface area contributed by atoms with Gasteiger partial charge in [0, 0.05) is 30.4 Å². The Kier molecular flexibility index (Phi) is 6.82. The molecule has 0 aliphatic carbocycles. The molecule has 1 rings (SSSR count). The number of aromatic nitrogens is 1. The standard InChI is InChI=1S/C14H26N2OS/c1-5-13(6-2)16(7-8-17)9-12-10-18-14(15-12)11(3)4/h10-11,13,17H,5-9H2,1-4H3. The molecule has 4 heteroatoms. The maximum Gasteiger partial charge on any atom is 0.0954 e. The molecule has 1 aromatic rings. The molecule has 0 bridgehead atoms. The Bertz CT molecular complexity index is 334. The van der Waals surface area contributed by atoms with E-state index in [1.54, 1.807) is 11.3 Å². The number of aliphatic hydroxyl groups is 1. The Morgan fingerprint density at radius 1 is 1.33 bits per heavy atom. The van der Waals surface area contributed by atoms with Gasteiger partial charge in [-0.05, 0) is 12.8 Å². The van der Waals surface area contributed by atoms with Gasteiger partial charge in [0.1, 0.15) is 0 Å². The van der Waals surface area contributed by atoms with Gasteiger partial charge in [-0.15, -0.1) is 11.3 Å². The molecule has 0 saturated heterocycles. The zero-order valence-corrected chi connectivity index (χ0v) is 12.8. The first kappa shape index (κ1) is 15.6. The molecule has 0 radical (unpaired) electrons. The van der Waals surface area contributed by atoms with Crippen molar-refractivity contribution in [2.75, 3.05) is 13.2 Å². The van der Waals surface area contributed by atoms with Gasteiger partial charge in [0.05, 0.1) is 17.3 Å². The largest absolute Gasteiger partial charge is 0.395 e. The average Bonchev–Trinajstić information content (AvgIpc) is 2.79. The third-order valence-corrected chi connectivity index (χ3v) is 4.47. The highest BCUT2D eigenvalue weighted by molar-refractivity contribution is 7.09. The molecular weight excluding hydrogens is 244 g/mol. The Hall–Kier alpha value is -0.450. The van der Waals surface area contributed by atoms with Crippen molar-refractivity contribution in [3.63, 3.8) is 0 Å². The van der Waals surface area contributed by atoms with Gasteiger partial charge >= 0.3 is 0 Å². The first-order valence-electron chi connectivity index (χ1n) is 6.91. The van der Waals surface area contributed by atoms with Gasteiger partial charge in [-0.2, -0.15) is 0 Å². The van der Waals surface area contributed by atoms with Gasteiger partial charge in [0.15, 0.2) is 0 Å². The third kappa shape index (κ3) is 4.34. The molecule has 0 aromatic carbocycles. The maximum atomic E-state index is 9.19. The van der Waals surface area contributed by atoms with Crippen LogP contribution in [0.5, 0.6) is 0 Å². The van der Waals surface area contributed by atoms with Crippen LogP contribution in [0.3, 0.4) is 0 Å². The van der Waals surface area contributed by atoms with E-state index in [-0.39, 0.29) is 6.61 Å². The number of hydrogen-bond acceptors (Lipinski definition) is 4. The van der Waals surface area contributed by atoms with Crippen LogP contribution in [0.2, 0.25) is 0 Å². The summed E-state index contributed by atoms with van der Waals surface area (Å²) in [6.45, 7) is 10.6. The van der Waals surface area contributed by atoms with Crippen LogP contribution in [-0.2, 0) is 6.54 Å². The van der Waals surface area contributed by atoms with E-state index in [4.69, 9.17) is 0 Å². The van der Waals surface area contributed by atoms with Crippen molar-refractivity contribution in [3.8, 4) is 0 Å². The molecule has 0 amide bonds. The summed E-state index contributed by atoms with van der Waals surface area (Å²) in [5, 5.41) is 12.6. The van der Waals surface area contributed by atoms with Crippen molar-refractivity contribution in [1.82, 2.24) is 9.88 Å². The minimum absolute atomic E-state index is 0.220. The minimum Gasteiger partial charge on any atom is -0.395 e. The summed E-state index contributed by atoms with van der Waals surface area (Å²) in [7, 11) is 0. The zero-order chi connectivity index (χ0) is 13.5. The molecule has 1 N–H and O–H groups in total. The summed E-state index contributed by atoms with van der Waals surface area (Å²) >= 11 is 1.74. The molecule has 0 fully saturated rings. The van der Waals surface area contributed by atoms with Crippen LogP contribution in [0, 0.1) is 0 Å². The fourth-order valence-electron chi connectivity index (χ4n) is 2.19. The second-order valence-electron chi connectivity index (χ2n) is 5.00. The van der Waals surface area contributed by atoms with Crippen molar-refractivity contribution < 1.29 is 5.11 Å².